The zero-order valence-electron chi connectivity index (χ0n) is 73.1. The molecule has 0 radical (unpaired) electrons. The van der Waals surface area contributed by atoms with Crippen LogP contribution in [-0.4, -0.2) is 96.7 Å². The Morgan fingerprint density at radius 2 is 0.432 bits per heavy atom. The van der Waals surface area contributed by atoms with Gasteiger partial charge in [-0.3, -0.25) is 37.3 Å². The molecular formula is C92H180O17P2. The minimum absolute atomic E-state index is 0.108. The number of rotatable bonds is 92. The van der Waals surface area contributed by atoms with Gasteiger partial charge in [-0.15, -0.1) is 0 Å². The number of phosphoric acid groups is 2. The molecule has 17 nitrogen and oxygen atoms in total. The van der Waals surface area contributed by atoms with E-state index in [0.29, 0.717) is 25.7 Å². The molecule has 0 amide bonds. The Balaban J connectivity index is 5.20. The number of carbonyl (C=O) groups is 4. The third kappa shape index (κ3) is 84.3. The summed E-state index contributed by atoms with van der Waals surface area (Å²) in [7, 11) is -9.93. The summed E-state index contributed by atoms with van der Waals surface area (Å²) in [6.45, 7) is 7.35. The van der Waals surface area contributed by atoms with Gasteiger partial charge in [0.1, 0.15) is 19.3 Å². The van der Waals surface area contributed by atoms with Gasteiger partial charge in [0.15, 0.2) is 12.2 Å². The molecule has 0 heterocycles. The highest BCUT2D eigenvalue weighted by Crippen LogP contribution is 2.45. The summed E-state index contributed by atoms with van der Waals surface area (Å²) < 4.78 is 69.1. The largest absolute Gasteiger partial charge is 0.472 e. The summed E-state index contributed by atoms with van der Waals surface area (Å²) in [5.74, 6) is -1.37. The van der Waals surface area contributed by atoms with Crippen LogP contribution in [0.1, 0.15) is 503 Å². The molecule has 0 aliphatic rings. The van der Waals surface area contributed by atoms with Crippen LogP contribution >= 0.6 is 15.6 Å². The van der Waals surface area contributed by atoms with Crippen LogP contribution in [0.2, 0.25) is 0 Å². The summed E-state index contributed by atoms with van der Waals surface area (Å²) >= 11 is 0. The van der Waals surface area contributed by atoms with Crippen LogP contribution in [0.5, 0.6) is 0 Å². The first-order chi connectivity index (χ1) is 54.1. The molecule has 19 heteroatoms. The Morgan fingerprint density at radius 3 is 0.640 bits per heavy atom. The van der Waals surface area contributed by atoms with Crippen LogP contribution in [0.15, 0.2) is 0 Å². The monoisotopic (exact) mass is 1620 g/mol. The van der Waals surface area contributed by atoms with Crippen LogP contribution in [0, 0.1) is 5.92 Å². The third-order valence-corrected chi connectivity index (χ3v) is 24.0. The Kier molecular flexibility index (Phi) is 83.0. The van der Waals surface area contributed by atoms with Gasteiger partial charge >= 0.3 is 39.5 Å². The van der Waals surface area contributed by atoms with E-state index < -0.39 is 97.5 Å². The van der Waals surface area contributed by atoms with Gasteiger partial charge in [0.25, 0.3) is 0 Å². The molecule has 3 N–H and O–H groups in total. The van der Waals surface area contributed by atoms with E-state index in [4.69, 9.17) is 37.0 Å². The number of hydrogen-bond acceptors (Lipinski definition) is 15. The van der Waals surface area contributed by atoms with E-state index in [1.165, 1.54) is 321 Å². The molecular weight excluding hydrogens is 1440 g/mol. The predicted octanol–water partition coefficient (Wildman–Crippen LogP) is 28.7. The molecule has 0 aromatic carbocycles. The number of aliphatic hydroxyl groups is 1. The smallest absolute Gasteiger partial charge is 0.462 e. The van der Waals surface area contributed by atoms with Crippen molar-refractivity contribution in [2.24, 2.45) is 5.92 Å². The van der Waals surface area contributed by atoms with Crippen molar-refractivity contribution in [3.8, 4) is 0 Å². The van der Waals surface area contributed by atoms with Crippen LogP contribution < -0.4 is 0 Å². The Hall–Kier alpha value is -1.94. The predicted molar refractivity (Wildman–Crippen MR) is 460 cm³/mol. The van der Waals surface area contributed by atoms with E-state index in [9.17, 15) is 43.2 Å². The molecule has 660 valence electrons. The normalized spacial score (nSPS) is 13.9. The van der Waals surface area contributed by atoms with Gasteiger partial charge in [-0.2, -0.15) is 0 Å². The fourth-order valence-electron chi connectivity index (χ4n) is 14.5. The van der Waals surface area contributed by atoms with Gasteiger partial charge in [-0.1, -0.05) is 452 Å². The van der Waals surface area contributed by atoms with E-state index in [2.05, 4.69) is 34.6 Å². The summed E-state index contributed by atoms with van der Waals surface area (Å²) in [6.07, 6.45) is 80.9. The molecule has 0 saturated carbocycles. The average Bonchev–Trinajstić information content (AvgIpc) is 0.899. The SMILES string of the molecule is CCCCCCCCCCCCCCCCCCCCCCCCC(=O)OC[C@H](COP(=O)(O)OC[C@@H](O)COP(=O)(O)OC[C@@H](COC(=O)CCCCCCCCC(C)CC)OC(=O)CCCCCCCCCCCCCCCCCCC)OC(=O)CCCCCCCCCCCCCCCCCCCCCCCC. The number of carbonyl (C=O) groups excluding carboxylic acids is 4. The van der Waals surface area contributed by atoms with Crippen molar-refractivity contribution in [1.29, 1.82) is 0 Å². The number of esters is 4. The van der Waals surface area contributed by atoms with Crippen molar-refractivity contribution in [1.82, 2.24) is 0 Å². The first-order valence-electron chi connectivity index (χ1n) is 47.7. The minimum Gasteiger partial charge on any atom is -0.462 e. The molecule has 0 aliphatic heterocycles. The fraction of sp³-hybridized carbons (Fsp3) is 0.957. The van der Waals surface area contributed by atoms with Crippen LogP contribution in [0.4, 0.5) is 0 Å². The Labute approximate surface area is 683 Å². The van der Waals surface area contributed by atoms with E-state index in [-0.39, 0.29) is 25.7 Å². The molecule has 0 bridgehead atoms. The maximum atomic E-state index is 13.2. The number of unbranched alkanes of at least 4 members (excludes halogenated alkanes) is 63. The van der Waals surface area contributed by atoms with E-state index in [1.807, 2.05) is 0 Å². The highest BCUT2D eigenvalue weighted by molar-refractivity contribution is 7.47. The summed E-state index contributed by atoms with van der Waals surface area (Å²) in [6, 6.07) is 0. The lowest BCUT2D eigenvalue weighted by Gasteiger charge is -2.21. The van der Waals surface area contributed by atoms with Crippen LogP contribution in [-0.2, 0) is 65.4 Å². The fourth-order valence-corrected chi connectivity index (χ4v) is 16.1. The molecule has 0 aromatic heterocycles. The van der Waals surface area contributed by atoms with Gasteiger partial charge in [0.2, 0.25) is 0 Å². The van der Waals surface area contributed by atoms with E-state index >= 15 is 0 Å². The molecule has 0 saturated heterocycles. The number of hydrogen-bond donors (Lipinski definition) is 3. The molecule has 0 spiro atoms. The highest BCUT2D eigenvalue weighted by Gasteiger charge is 2.31. The highest BCUT2D eigenvalue weighted by atomic mass is 31.2. The van der Waals surface area contributed by atoms with E-state index in [1.54, 1.807) is 0 Å². The van der Waals surface area contributed by atoms with Crippen LogP contribution in [0.25, 0.3) is 0 Å². The van der Waals surface area contributed by atoms with Gasteiger partial charge in [-0.05, 0) is 31.6 Å². The van der Waals surface area contributed by atoms with Gasteiger partial charge in [0.05, 0.1) is 26.4 Å². The first kappa shape index (κ1) is 109. The second kappa shape index (κ2) is 84.5. The molecule has 0 rings (SSSR count). The van der Waals surface area contributed by atoms with Gasteiger partial charge < -0.3 is 33.8 Å². The summed E-state index contributed by atoms with van der Waals surface area (Å²) in [5.41, 5.74) is 0. The maximum Gasteiger partial charge on any atom is 0.472 e. The van der Waals surface area contributed by atoms with Crippen molar-refractivity contribution in [3.63, 3.8) is 0 Å². The Bertz CT molecular complexity index is 2100. The average molecular weight is 1620 g/mol. The zero-order valence-corrected chi connectivity index (χ0v) is 74.9. The number of aliphatic hydroxyl groups excluding tert-OH is 1. The van der Waals surface area contributed by atoms with Crippen molar-refractivity contribution in [3.05, 3.63) is 0 Å². The Morgan fingerprint density at radius 1 is 0.252 bits per heavy atom. The molecule has 111 heavy (non-hydrogen) atoms. The lowest BCUT2D eigenvalue weighted by atomic mass is 10.00. The second-order valence-corrected chi connectivity index (χ2v) is 36.2. The third-order valence-electron chi connectivity index (χ3n) is 22.1. The number of ether oxygens (including phenoxy) is 4. The molecule has 6 atom stereocenters. The van der Waals surface area contributed by atoms with Gasteiger partial charge in [0, 0.05) is 25.7 Å². The molecule has 0 aromatic rings. The summed E-state index contributed by atoms with van der Waals surface area (Å²) in [5, 5.41) is 10.7. The van der Waals surface area contributed by atoms with Crippen molar-refractivity contribution < 1.29 is 80.2 Å². The van der Waals surface area contributed by atoms with Crippen molar-refractivity contribution >= 4 is 39.5 Å². The van der Waals surface area contributed by atoms with E-state index in [0.717, 1.165) is 102 Å². The molecule has 3 unspecified atom stereocenters. The van der Waals surface area contributed by atoms with Crippen LogP contribution in [0.3, 0.4) is 0 Å². The minimum atomic E-state index is -4.97. The molecule has 0 aliphatic carbocycles. The van der Waals surface area contributed by atoms with Gasteiger partial charge in [-0.25, -0.2) is 9.13 Å². The lowest BCUT2D eigenvalue weighted by molar-refractivity contribution is -0.161. The second-order valence-electron chi connectivity index (χ2n) is 33.3. The van der Waals surface area contributed by atoms with Crippen molar-refractivity contribution in [2.45, 2.75) is 522 Å². The zero-order chi connectivity index (χ0) is 81.1. The summed E-state index contributed by atoms with van der Waals surface area (Å²) in [4.78, 5) is 73.4. The number of phosphoric ester groups is 2. The standard InChI is InChI=1S/C92H180O17P2/c1-6-10-13-16-19-22-25-28-31-34-36-38-40-42-45-47-50-53-56-59-65-70-75-89(94)102-81-87(108-91(96)77-72-68-61-58-55-52-49-46-43-41-39-37-35-32-29-26-23-20-17-14-11-7-2)83-106-110(98,99)104-79-86(93)80-105-111(100,101)107-84-88(82-103-90(95)76-71-66-63-62-64-69-74-85(5)9-4)109-92(97)78-73-67-60-57-54-51-48-44-33-30-27-24-21-18-15-12-8-3/h85-88,93H,6-84H2,1-5H3,(H,98,99)(H,100,101)/t85?,86-,87-,88-/m1/s1. The maximum absolute atomic E-state index is 13.2. The van der Waals surface area contributed by atoms with Crippen molar-refractivity contribution in [2.75, 3.05) is 39.6 Å². The first-order valence-corrected chi connectivity index (χ1v) is 50.7. The topological polar surface area (TPSA) is 237 Å². The lowest BCUT2D eigenvalue weighted by Crippen LogP contribution is -2.30. The molecule has 0 fully saturated rings. The quantitative estimate of drug-likeness (QED) is 0.0222.